The van der Waals surface area contributed by atoms with Gasteiger partial charge >= 0.3 is 0 Å². The van der Waals surface area contributed by atoms with E-state index in [1.165, 1.54) is 0 Å². The molecule has 68 valence electrons. The standard InChI is InChI=1S/C12H15N/c1-3-4-7-10(2)11-8-5-6-9-12(11)13/h3-6,8-9H,2,7,13H2,1H3/b4-3-. The third kappa shape index (κ3) is 2.48. The van der Waals surface area contributed by atoms with E-state index in [9.17, 15) is 0 Å². The van der Waals surface area contributed by atoms with Crippen molar-refractivity contribution in [3.8, 4) is 0 Å². The summed E-state index contributed by atoms with van der Waals surface area (Å²) in [4.78, 5) is 0. The summed E-state index contributed by atoms with van der Waals surface area (Å²) >= 11 is 0. The molecule has 0 radical (unpaired) electrons. The number of hydrogen-bond acceptors (Lipinski definition) is 1. The van der Waals surface area contributed by atoms with Gasteiger partial charge in [-0.2, -0.15) is 0 Å². The molecule has 1 aromatic rings. The van der Waals surface area contributed by atoms with Crippen LogP contribution in [0.15, 0.2) is 43.0 Å². The minimum Gasteiger partial charge on any atom is -0.398 e. The van der Waals surface area contributed by atoms with Crippen molar-refractivity contribution in [1.82, 2.24) is 0 Å². The predicted molar refractivity (Wildman–Crippen MR) is 59.3 cm³/mol. The fourth-order valence-electron chi connectivity index (χ4n) is 1.19. The maximum atomic E-state index is 5.81. The molecule has 0 aliphatic rings. The number of nitrogens with two attached hydrogens (primary N) is 1. The fourth-order valence-corrected chi connectivity index (χ4v) is 1.19. The summed E-state index contributed by atoms with van der Waals surface area (Å²) in [5, 5.41) is 0. The maximum Gasteiger partial charge on any atom is 0.0390 e. The average molecular weight is 173 g/mol. The Morgan fingerprint density at radius 2 is 2.15 bits per heavy atom. The van der Waals surface area contributed by atoms with Gasteiger partial charge in [0.05, 0.1) is 0 Å². The molecule has 1 rings (SSSR count). The summed E-state index contributed by atoms with van der Waals surface area (Å²) in [6, 6.07) is 7.81. The van der Waals surface area contributed by atoms with Crippen molar-refractivity contribution in [2.24, 2.45) is 0 Å². The monoisotopic (exact) mass is 173 g/mol. The van der Waals surface area contributed by atoms with E-state index in [0.29, 0.717) is 0 Å². The van der Waals surface area contributed by atoms with E-state index >= 15 is 0 Å². The maximum absolute atomic E-state index is 5.81. The summed E-state index contributed by atoms with van der Waals surface area (Å²) in [6.07, 6.45) is 4.96. The van der Waals surface area contributed by atoms with E-state index in [1.54, 1.807) is 0 Å². The number of para-hydroxylation sites is 1. The van der Waals surface area contributed by atoms with Gasteiger partial charge in [-0.25, -0.2) is 0 Å². The van der Waals surface area contributed by atoms with Crippen molar-refractivity contribution in [2.75, 3.05) is 5.73 Å². The average Bonchev–Trinajstić information content (AvgIpc) is 2.15. The van der Waals surface area contributed by atoms with Gasteiger partial charge in [-0.1, -0.05) is 36.9 Å². The first-order chi connectivity index (χ1) is 6.25. The molecule has 1 heteroatoms. The molecule has 0 saturated heterocycles. The highest BCUT2D eigenvalue weighted by atomic mass is 14.6. The molecule has 0 heterocycles. The number of hydrogen-bond donors (Lipinski definition) is 1. The van der Waals surface area contributed by atoms with E-state index in [-0.39, 0.29) is 0 Å². The molecule has 0 aliphatic heterocycles. The molecular formula is C12H15N. The summed E-state index contributed by atoms with van der Waals surface area (Å²) in [5.74, 6) is 0. The van der Waals surface area contributed by atoms with Gasteiger partial charge in [0.2, 0.25) is 0 Å². The first-order valence-electron chi connectivity index (χ1n) is 4.39. The van der Waals surface area contributed by atoms with Crippen LogP contribution in [0.4, 0.5) is 5.69 Å². The van der Waals surface area contributed by atoms with Crippen LogP contribution in [0.1, 0.15) is 18.9 Å². The molecule has 0 bridgehead atoms. The Bertz CT molecular complexity index is 324. The third-order valence-electron chi connectivity index (χ3n) is 1.94. The van der Waals surface area contributed by atoms with E-state index in [0.717, 1.165) is 23.2 Å². The predicted octanol–water partition coefficient (Wildman–Crippen LogP) is 3.25. The SMILES string of the molecule is C=C(C/C=C\C)c1ccccc1N. The van der Waals surface area contributed by atoms with Crippen LogP contribution in [0.3, 0.4) is 0 Å². The third-order valence-corrected chi connectivity index (χ3v) is 1.94. The van der Waals surface area contributed by atoms with Crippen molar-refractivity contribution in [2.45, 2.75) is 13.3 Å². The van der Waals surface area contributed by atoms with E-state index in [4.69, 9.17) is 5.73 Å². The van der Waals surface area contributed by atoms with E-state index in [2.05, 4.69) is 12.7 Å². The van der Waals surface area contributed by atoms with Gasteiger partial charge in [-0.05, 0) is 25.0 Å². The van der Waals surface area contributed by atoms with Crippen LogP contribution in [0.5, 0.6) is 0 Å². The Kier molecular flexibility index (Phi) is 3.32. The van der Waals surface area contributed by atoms with Crippen molar-refractivity contribution in [1.29, 1.82) is 0 Å². The van der Waals surface area contributed by atoms with Crippen molar-refractivity contribution in [3.63, 3.8) is 0 Å². The lowest BCUT2D eigenvalue weighted by atomic mass is 10.0. The molecule has 0 aliphatic carbocycles. The smallest absolute Gasteiger partial charge is 0.0390 e. The second-order valence-corrected chi connectivity index (χ2v) is 2.96. The van der Waals surface area contributed by atoms with Crippen LogP contribution in [0.2, 0.25) is 0 Å². The zero-order valence-corrected chi connectivity index (χ0v) is 7.96. The lowest BCUT2D eigenvalue weighted by molar-refractivity contribution is 1.39. The Morgan fingerprint density at radius 3 is 2.77 bits per heavy atom. The molecular weight excluding hydrogens is 158 g/mol. The molecule has 1 nitrogen and oxygen atoms in total. The molecule has 0 atom stereocenters. The van der Waals surface area contributed by atoms with Gasteiger partial charge in [0.1, 0.15) is 0 Å². The Labute approximate surface area is 79.6 Å². The highest BCUT2D eigenvalue weighted by Crippen LogP contribution is 2.22. The minimum atomic E-state index is 0.803. The van der Waals surface area contributed by atoms with Crippen LogP contribution in [0, 0.1) is 0 Å². The minimum absolute atomic E-state index is 0.803. The summed E-state index contributed by atoms with van der Waals surface area (Å²) < 4.78 is 0. The molecule has 13 heavy (non-hydrogen) atoms. The molecule has 0 fully saturated rings. The number of rotatable bonds is 3. The van der Waals surface area contributed by atoms with Crippen LogP contribution >= 0.6 is 0 Å². The normalized spacial score (nSPS) is 10.5. The highest BCUT2D eigenvalue weighted by molar-refractivity contribution is 5.74. The Balaban J connectivity index is 2.83. The first-order valence-corrected chi connectivity index (χ1v) is 4.39. The summed E-state index contributed by atoms with van der Waals surface area (Å²) in [6.45, 7) is 5.99. The lowest BCUT2D eigenvalue weighted by Crippen LogP contribution is -1.91. The van der Waals surface area contributed by atoms with Gasteiger partial charge in [0.15, 0.2) is 0 Å². The number of nitrogen functional groups attached to an aromatic ring is 1. The number of benzene rings is 1. The number of allylic oxidation sites excluding steroid dienone is 3. The quantitative estimate of drug-likeness (QED) is 0.551. The summed E-state index contributed by atoms with van der Waals surface area (Å²) in [5.41, 5.74) is 8.73. The van der Waals surface area contributed by atoms with Gasteiger partial charge in [-0.15, -0.1) is 0 Å². The van der Waals surface area contributed by atoms with E-state index in [1.807, 2.05) is 37.3 Å². The molecule has 1 aromatic carbocycles. The Morgan fingerprint density at radius 1 is 1.46 bits per heavy atom. The zero-order valence-electron chi connectivity index (χ0n) is 7.96. The largest absolute Gasteiger partial charge is 0.398 e. The van der Waals surface area contributed by atoms with Crippen molar-refractivity contribution >= 4 is 11.3 Å². The summed E-state index contributed by atoms with van der Waals surface area (Å²) in [7, 11) is 0. The van der Waals surface area contributed by atoms with Crippen molar-refractivity contribution in [3.05, 3.63) is 48.6 Å². The molecule has 0 amide bonds. The van der Waals surface area contributed by atoms with Crippen LogP contribution in [-0.2, 0) is 0 Å². The fraction of sp³-hybridized carbons (Fsp3) is 0.167. The van der Waals surface area contributed by atoms with E-state index < -0.39 is 0 Å². The molecule has 0 saturated carbocycles. The number of anilines is 1. The van der Waals surface area contributed by atoms with Crippen LogP contribution in [0.25, 0.3) is 5.57 Å². The zero-order chi connectivity index (χ0) is 9.68. The Hall–Kier alpha value is -1.50. The highest BCUT2D eigenvalue weighted by Gasteiger charge is 1.99. The topological polar surface area (TPSA) is 26.0 Å². The van der Waals surface area contributed by atoms with Gasteiger partial charge < -0.3 is 5.73 Å². The molecule has 0 unspecified atom stereocenters. The molecule has 0 aromatic heterocycles. The molecule has 2 N–H and O–H groups in total. The van der Waals surface area contributed by atoms with Gasteiger partial charge in [0.25, 0.3) is 0 Å². The second-order valence-electron chi connectivity index (χ2n) is 2.96. The lowest BCUT2D eigenvalue weighted by Gasteiger charge is -2.05. The van der Waals surface area contributed by atoms with Gasteiger partial charge in [0, 0.05) is 11.3 Å². The second kappa shape index (κ2) is 4.51. The van der Waals surface area contributed by atoms with Crippen LogP contribution < -0.4 is 5.73 Å². The molecule has 0 spiro atoms. The first kappa shape index (κ1) is 9.59. The van der Waals surface area contributed by atoms with Crippen molar-refractivity contribution < 1.29 is 0 Å². The van der Waals surface area contributed by atoms with Gasteiger partial charge in [-0.3, -0.25) is 0 Å². The van der Waals surface area contributed by atoms with Crippen LogP contribution in [-0.4, -0.2) is 0 Å².